The molecule has 0 aromatic heterocycles. The molecule has 0 atom stereocenters. The molecule has 1 aromatic rings. The van der Waals surface area contributed by atoms with Gasteiger partial charge in [-0.3, -0.25) is 4.79 Å². The first-order valence-corrected chi connectivity index (χ1v) is 7.06. The van der Waals surface area contributed by atoms with E-state index in [1.54, 1.807) is 26.4 Å². The number of carbonyl (C=O) groups is 1. The molecule has 0 heterocycles. The summed E-state index contributed by atoms with van der Waals surface area (Å²) in [6, 6.07) is 3.53. The Kier molecular flexibility index (Phi) is 7.37. The molecule has 0 spiro atoms. The minimum atomic E-state index is -0.235. The predicted molar refractivity (Wildman–Crippen MR) is 79.7 cm³/mol. The van der Waals surface area contributed by atoms with Crippen molar-refractivity contribution in [2.75, 3.05) is 39.4 Å². The van der Waals surface area contributed by atoms with Crippen LogP contribution in [0.25, 0.3) is 0 Å². The Morgan fingerprint density at radius 3 is 2.58 bits per heavy atom. The average Bonchev–Trinajstić information content (AvgIpc) is 2.38. The van der Waals surface area contributed by atoms with Crippen molar-refractivity contribution in [3.8, 4) is 5.75 Å². The van der Waals surface area contributed by atoms with Crippen molar-refractivity contribution in [1.29, 1.82) is 0 Å². The fourth-order valence-corrected chi connectivity index (χ4v) is 2.53. The van der Waals surface area contributed by atoms with Gasteiger partial charge >= 0.3 is 0 Å². The molecular weight excluding hydrogens is 382 g/mol. The van der Waals surface area contributed by atoms with Crippen molar-refractivity contribution in [2.24, 2.45) is 0 Å². The van der Waals surface area contributed by atoms with Gasteiger partial charge in [-0.25, -0.2) is 0 Å². The topological polar surface area (TPSA) is 56.8 Å². The van der Waals surface area contributed by atoms with Crippen LogP contribution in [-0.2, 0) is 14.3 Å². The number of carbonyl (C=O) groups excluding carboxylic acids is 1. The van der Waals surface area contributed by atoms with E-state index >= 15 is 0 Å². The number of benzene rings is 1. The molecule has 0 aliphatic carbocycles. The second kappa shape index (κ2) is 8.52. The highest BCUT2D eigenvalue weighted by atomic mass is 79.9. The maximum absolute atomic E-state index is 11.7. The highest BCUT2D eigenvalue weighted by Gasteiger charge is 2.10. The zero-order chi connectivity index (χ0) is 14.3. The van der Waals surface area contributed by atoms with Crippen LogP contribution in [0.1, 0.15) is 0 Å². The van der Waals surface area contributed by atoms with Crippen LogP contribution in [0, 0.1) is 0 Å². The lowest BCUT2D eigenvalue weighted by Crippen LogP contribution is -2.19. The molecule has 7 heteroatoms. The zero-order valence-electron chi connectivity index (χ0n) is 10.7. The monoisotopic (exact) mass is 395 g/mol. The summed E-state index contributed by atoms with van der Waals surface area (Å²) < 4.78 is 16.7. The summed E-state index contributed by atoms with van der Waals surface area (Å²) in [6.07, 6.45) is 0. The van der Waals surface area contributed by atoms with Gasteiger partial charge in [-0.15, -0.1) is 0 Å². The summed E-state index contributed by atoms with van der Waals surface area (Å²) in [4.78, 5) is 11.7. The number of ether oxygens (including phenoxy) is 3. The Morgan fingerprint density at radius 1 is 1.21 bits per heavy atom. The summed E-state index contributed by atoms with van der Waals surface area (Å²) in [5.74, 6) is 0.403. The second-order valence-corrected chi connectivity index (χ2v) is 5.27. The second-order valence-electron chi connectivity index (χ2n) is 3.56. The van der Waals surface area contributed by atoms with E-state index in [0.29, 0.717) is 24.7 Å². The molecule has 1 rings (SSSR count). The fraction of sp³-hybridized carbons (Fsp3) is 0.417. The van der Waals surface area contributed by atoms with Gasteiger partial charge in [-0.05, 0) is 37.9 Å². The minimum absolute atomic E-state index is 0.0197. The van der Waals surface area contributed by atoms with Crippen LogP contribution in [0.3, 0.4) is 0 Å². The Bertz CT molecular complexity index is 440. The summed E-state index contributed by atoms with van der Waals surface area (Å²) in [7, 11) is 3.14. The van der Waals surface area contributed by atoms with E-state index in [4.69, 9.17) is 14.2 Å². The molecule has 0 saturated heterocycles. The Morgan fingerprint density at radius 2 is 1.95 bits per heavy atom. The number of methoxy groups -OCH3 is 2. The van der Waals surface area contributed by atoms with Crippen molar-refractivity contribution >= 4 is 43.5 Å². The highest BCUT2D eigenvalue weighted by Crippen LogP contribution is 2.34. The van der Waals surface area contributed by atoms with E-state index in [2.05, 4.69) is 37.2 Å². The first-order valence-electron chi connectivity index (χ1n) is 5.48. The molecule has 0 bridgehead atoms. The largest absolute Gasteiger partial charge is 0.495 e. The fourth-order valence-electron chi connectivity index (χ4n) is 1.27. The molecule has 0 aliphatic heterocycles. The lowest BCUT2D eigenvalue weighted by molar-refractivity contribution is -0.121. The molecule has 1 amide bonds. The Hall–Kier alpha value is -0.630. The number of amides is 1. The molecule has 5 nitrogen and oxygen atoms in total. The van der Waals surface area contributed by atoms with E-state index in [1.165, 1.54) is 0 Å². The smallest absolute Gasteiger partial charge is 0.250 e. The third-order valence-electron chi connectivity index (χ3n) is 2.18. The SMILES string of the molecule is COCCOCC(=O)Nc1cc(OC)c(Br)cc1Br. The predicted octanol–water partition coefficient (Wildman–Crippen LogP) is 2.82. The van der Waals surface area contributed by atoms with Gasteiger partial charge in [0, 0.05) is 17.6 Å². The van der Waals surface area contributed by atoms with E-state index in [0.717, 1.165) is 8.95 Å². The quantitative estimate of drug-likeness (QED) is 0.720. The first-order chi connectivity index (χ1) is 9.08. The van der Waals surface area contributed by atoms with Gasteiger partial charge < -0.3 is 19.5 Å². The van der Waals surface area contributed by atoms with Crippen molar-refractivity contribution in [3.05, 3.63) is 21.1 Å². The van der Waals surface area contributed by atoms with Crippen LogP contribution in [0.15, 0.2) is 21.1 Å². The highest BCUT2D eigenvalue weighted by molar-refractivity contribution is 9.11. The van der Waals surface area contributed by atoms with Gasteiger partial charge in [0.25, 0.3) is 0 Å². The van der Waals surface area contributed by atoms with Crippen molar-refractivity contribution < 1.29 is 19.0 Å². The minimum Gasteiger partial charge on any atom is -0.495 e. The Balaban J connectivity index is 2.58. The normalized spacial score (nSPS) is 10.3. The number of rotatable bonds is 7. The van der Waals surface area contributed by atoms with Gasteiger partial charge in [0.2, 0.25) is 5.91 Å². The number of anilines is 1. The van der Waals surface area contributed by atoms with Gasteiger partial charge in [0.15, 0.2) is 0 Å². The lowest BCUT2D eigenvalue weighted by atomic mass is 10.3. The van der Waals surface area contributed by atoms with Crippen LogP contribution >= 0.6 is 31.9 Å². The molecule has 0 aliphatic rings. The molecule has 0 unspecified atom stereocenters. The summed E-state index contributed by atoms with van der Waals surface area (Å²) >= 11 is 6.73. The van der Waals surface area contributed by atoms with E-state index in [1.807, 2.05) is 0 Å². The van der Waals surface area contributed by atoms with Gasteiger partial charge in [-0.2, -0.15) is 0 Å². The van der Waals surface area contributed by atoms with Crippen LogP contribution in [0.4, 0.5) is 5.69 Å². The molecule has 0 radical (unpaired) electrons. The number of nitrogens with one attached hydrogen (secondary N) is 1. The maximum atomic E-state index is 11.7. The summed E-state index contributed by atoms with van der Waals surface area (Å²) in [5, 5.41) is 2.74. The standard InChI is InChI=1S/C12H15Br2NO4/c1-17-3-4-19-7-12(16)15-10-6-11(18-2)9(14)5-8(10)13/h5-6H,3-4,7H2,1-2H3,(H,15,16). The molecule has 19 heavy (non-hydrogen) atoms. The van der Waals surface area contributed by atoms with Crippen molar-refractivity contribution in [3.63, 3.8) is 0 Å². The lowest BCUT2D eigenvalue weighted by Gasteiger charge is -2.11. The molecule has 0 fully saturated rings. The summed E-state index contributed by atoms with van der Waals surface area (Å²) in [6.45, 7) is 0.825. The van der Waals surface area contributed by atoms with Crippen LogP contribution in [0.2, 0.25) is 0 Å². The van der Waals surface area contributed by atoms with Crippen molar-refractivity contribution in [2.45, 2.75) is 0 Å². The van der Waals surface area contributed by atoms with Gasteiger partial charge in [0.1, 0.15) is 12.4 Å². The molecule has 0 saturated carbocycles. The molecule has 1 aromatic carbocycles. The number of hydrogen-bond acceptors (Lipinski definition) is 4. The Labute approximate surface area is 128 Å². The van der Waals surface area contributed by atoms with Gasteiger partial charge in [-0.1, -0.05) is 0 Å². The van der Waals surface area contributed by atoms with Crippen LogP contribution < -0.4 is 10.1 Å². The molecule has 1 N–H and O–H groups in total. The van der Waals surface area contributed by atoms with Crippen molar-refractivity contribution in [1.82, 2.24) is 0 Å². The molecular formula is C12H15Br2NO4. The first kappa shape index (κ1) is 16.4. The van der Waals surface area contributed by atoms with E-state index in [-0.39, 0.29) is 12.5 Å². The van der Waals surface area contributed by atoms with Crippen LogP contribution in [0.5, 0.6) is 5.75 Å². The maximum Gasteiger partial charge on any atom is 0.250 e. The third-order valence-corrected chi connectivity index (χ3v) is 3.46. The third kappa shape index (κ3) is 5.48. The summed E-state index contributed by atoms with van der Waals surface area (Å²) in [5.41, 5.74) is 0.625. The van der Waals surface area contributed by atoms with E-state index < -0.39 is 0 Å². The van der Waals surface area contributed by atoms with E-state index in [9.17, 15) is 4.79 Å². The number of halogens is 2. The average molecular weight is 397 g/mol. The molecule has 106 valence electrons. The van der Waals surface area contributed by atoms with Gasteiger partial charge in [0.05, 0.1) is 30.5 Å². The zero-order valence-corrected chi connectivity index (χ0v) is 13.8. The van der Waals surface area contributed by atoms with Crippen LogP contribution in [-0.4, -0.2) is 39.9 Å². The number of hydrogen-bond donors (Lipinski definition) is 1.